The zero-order valence-corrected chi connectivity index (χ0v) is 14.1. The van der Waals surface area contributed by atoms with E-state index >= 15 is 0 Å². The van der Waals surface area contributed by atoms with Gasteiger partial charge in [-0.2, -0.15) is 13.2 Å². The Morgan fingerprint density at radius 2 is 2.12 bits per heavy atom. The van der Waals surface area contributed by atoms with Crippen molar-refractivity contribution < 1.29 is 27.4 Å². The Labute approximate surface area is 144 Å². The van der Waals surface area contributed by atoms with Crippen molar-refractivity contribution in [2.45, 2.75) is 38.4 Å². The third-order valence-electron chi connectivity index (χ3n) is 3.82. The molecule has 2 rings (SSSR count). The molecule has 25 heavy (non-hydrogen) atoms. The lowest BCUT2D eigenvalue weighted by atomic mass is 10.0. The largest absolute Gasteiger partial charge is 0.494 e. The van der Waals surface area contributed by atoms with E-state index in [0.717, 1.165) is 25.8 Å². The number of piperidine rings is 1. The van der Waals surface area contributed by atoms with Gasteiger partial charge < -0.3 is 20.1 Å². The van der Waals surface area contributed by atoms with Gasteiger partial charge in [0, 0.05) is 12.6 Å². The van der Waals surface area contributed by atoms with Gasteiger partial charge in [0.25, 0.3) is 5.91 Å². The average molecular weight is 360 g/mol. The Hall–Kier alpha value is -1.96. The molecule has 0 spiro atoms. The van der Waals surface area contributed by atoms with Gasteiger partial charge in [0.1, 0.15) is 11.5 Å². The molecule has 8 heteroatoms. The molecule has 1 fully saturated rings. The van der Waals surface area contributed by atoms with Crippen molar-refractivity contribution in [2.75, 3.05) is 26.3 Å². The molecule has 1 heterocycles. The maximum atomic E-state index is 12.4. The van der Waals surface area contributed by atoms with Crippen LogP contribution in [0, 0.1) is 0 Å². The third kappa shape index (κ3) is 6.45. The zero-order chi connectivity index (χ0) is 18.3. The topological polar surface area (TPSA) is 59.6 Å². The lowest BCUT2D eigenvalue weighted by Crippen LogP contribution is -2.43. The molecule has 0 aliphatic carbocycles. The van der Waals surface area contributed by atoms with Crippen LogP contribution in [0.4, 0.5) is 13.2 Å². The Morgan fingerprint density at radius 1 is 1.32 bits per heavy atom. The number of carbonyl (C=O) groups excluding carboxylic acids is 1. The number of hydrogen-bond donors (Lipinski definition) is 2. The van der Waals surface area contributed by atoms with Crippen LogP contribution < -0.4 is 20.1 Å². The first-order chi connectivity index (χ1) is 11.9. The van der Waals surface area contributed by atoms with Gasteiger partial charge in [-0.25, -0.2) is 0 Å². The summed E-state index contributed by atoms with van der Waals surface area (Å²) in [5, 5.41) is 6.06. The van der Waals surface area contributed by atoms with Crippen LogP contribution in [0.25, 0.3) is 0 Å². The standard InChI is InChI=1S/C17H23F3N2O3/c1-2-24-13-6-7-15(25-11-17(18,19)20)14(9-13)16(23)22-10-12-5-3-4-8-21-12/h6-7,9,12,21H,2-5,8,10-11H2,1H3,(H,22,23). The number of carbonyl (C=O) groups is 1. The van der Waals surface area contributed by atoms with Crippen molar-refractivity contribution in [1.29, 1.82) is 0 Å². The highest BCUT2D eigenvalue weighted by atomic mass is 19.4. The fourth-order valence-electron chi connectivity index (χ4n) is 2.64. The third-order valence-corrected chi connectivity index (χ3v) is 3.82. The molecule has 0 saturated carbocycles. The number of benzene rings is 1. The number of nitrogens with one attached hydrogen (secondary N) is 2. The summed E-state index contributed by atoms with van der Waals surface area (Å²) < 4.78 is 47.3. The number of halogens is 3. The second kappa shape index (κ2) is 8.94. The molecule has 1 atom stereocenters. The van der Waals surface area contributed by atoms with E-state index < -0.39 is 18.7 Å². The van der Waals surface area contributed by atoms with Gasteiger partial charge in [0.05, 0.1) is 12.2 Å². The minimum absolute atomic E-state index is 0.0333. The SMILES string of the molecule is CCOc1ccc(OCC(F)(F)F)c(C(=O)NCC2CCCCN2)c1. The fourth-order valence-corrected chi connectivity index (χ4v) is 2.64. The van der Waals surface area contributed by atoms with E-state index in [-0.39, 0.29) is 17.4 Å². The van der Waals surface area contributed by atoms with Gasteiger partial charge >= 0.3 is 6.18 Å². The molecule has 0 aromatic heterocycles. The highest BCUT2D eigenvalue weighted by Gasteiger charge is 2.29. The molecule has 1 amide bonds. The van der Waals surface area contributed by atoms with E-state index in [1.54, 1.807) is 6.92 Å². The summed E-state index contributed by atoms with van der Waals surface area (Å²) in [5.74, 6) is -0.191. The maximum absolute atomic E-state index is 12.4. The van der Waals surface area contributed by atoms with Crippen LogP contribution in [-0.4, -0.2) is 44.4 Å². The van der Waals surface area contributed by atoms with Gasteiger partial charge in [0.2, 0.25) is 0 Å². The van der Waals surface area contributed by atoms with Crippen LogP contribution in [0.5, 0.6) is 11.5 Å². The minimum Gasteiger partial charge on any atom is -0.494 e. The second-order valence-corrected chi connectivity index (χ2v) is 5.85. The summed E-state index contributed by atoms with van der Waals surface area (Å²) in [6, 6.07) is 4.38. The summed E-state index contributed by atoms with van der Waals surface area (Å²) in [6.45, 7) is 2.03. The van der Waals surface area contributed by atoms with Crippen molar-refractivity contribution in [3.63, 3.8) is 0 Å². The lowest BCUT2D eigenvalue weighted by Gasteiger charge is -2.24. The van der Waals surface area contributed by atoms with E-state index in [9.17, 15) is 18.0 Å². The van der Waals surface area contributed by atoms with Gasteiger partial charge in [0.15, 0.2) is 6.61 Å². The van der Waals surface area contributed by atoms with E-state index in [0.29, 0.717) is 18.9 Å². The Morgan fingerprint density at radius 3 is 2.76 bits per heavy atom. The Kier molecular flexibility index (Phi) is 6.92. The maximum Gasteiger partial charge on any atom is 0.422 e. The monoisotopic (exact) mass is 360 g/mol. The highest BCUT2D eigenvalue weighted by Crippen LogP contribution is 2.26. The number of ether oxygens (including phenoxy) is 2. The molecular formula is C17H23F3N2O3. The average Bonchev–Trinajstić information content (AvgIpc) is 2.59. The van der Waals surface area contributed by atoms with E-state index in [1.165, 1.54) is 18.2 Å². The molecule has 1 aliphatic heterocycles. The molecular weight excluding hydrogens is 337 g/mol. The van der Waals surface area contributed by atoms with Crippen molar-refractivity contribution in [1.82, 2.24) is 10.6 Å². The molecule has 1 aliphatic rings. The minimum atomic E-state index is -4.47. The number of amides is 1. The summed E-state index contributed by atoms with van der Waals surface area (Å²) in [7, 11) is 0. The van der Waals surface area contributed by atoms with E-state index in [1.807, 2.05) is 0 Å². The predicted octanol–water partition coefficient (Wildman–Crippen LogP) is 2.90. The van der Waals surface area contributed by atoms with Crippen molar-refractivity contribution in [2.24, 2.45) is 0 Å². The number of hydrogen-bond acceptors (Lipinski definition) is 4. The summed E-state index contributed by atoms with van der Waals surface area (Å²) in [6.07, 6.45) is -1.32. The van der Waals surface area contributed by atoms with E-state index in [4.69, 9.17) is 9.47 Å². The van der Waals surface area contributed by atoms with Crippen molar-refractivity contribution >= 4 is 5.91 Å². The molecule has 140 valence electrons. The first-order valence-corrected chi connectivity index (χ1v) is 8.37. The van der Waals surface area contributed by atoms with Crippen LogP contribution in [0.1, 0.15) is 36.5 Å². The summed E-state index contributed by atoms with van der Waals surface area (Å²) in [4.78, 5) is 12.4. The van der Waals surface area contributed by atoms with Gasteiger partial charge in [-0.15, -0.1) is 0 Å². The molecule has 2 N–H and O–H groups in total. The second-order valence-electron chi connectivity index (χ2n) is 5.85. The molecule has 1 aromatic rings. The first-order valence-electron chi connectivity index (χ1n) is 8.37. The summed E-state index contributed by atoms with van der Waals surface area (Å²) >= 11 is 0. The van der Waals surface area contributed by atoms with E-state index in [2.05, 4.69) is 10.6 Å². The predicted molar refractivity (Wildman–Crippen MR) is 87.1 cm³/mol. The van der Waals surface area contributed by atoms with Gasteiger partial charge in [-0.3, -0.25) is 4.79 Å². The Balaban J connectivity index is 2.07. The van der Waals surface area contributed by atoms with Crippen LogP contribution in [0.2, 0.25) is 0 Å². The van der Waals surface area contributed by atoms with Crippen molar-refractivity contribution in [3.05, 3.63) is 23.8 Å². The molecule has 1 saturated heterocycles. The van der Waals surface area contributed by atoms with Gasteiger partial charge in [-0.05, 0) is 44.5 Å². The van der Waals surface area contributed by atoms with Crippen LogP contribution >= 0.6 is 0 Å². The quantitative estimate of drug-likeness (QED) is 0.785. The van der Waals surface area contributed by atoms with Crippen LogP contribution in [-0.2, 0) is 0 Å². The normalized spacial score (nSPS) is 17.8. The molecule has 0 bridgehead atoms. The van der Waals surface area contributed by atoms with Crippen molar-refractivity contribution in [3.8, 4) is 11.5 Å². The summed E-state index contributed by atoms with van der Waals surface area (Å²) in [5.41, 5.74) is 0.0333. The molecule has 1 aromatic carbocycles. The Bertz CT molecular complexity index is 573. The highest BCUT2D eigenvalue weighted by molar-refractivity contribution is 5.97. The number of alkyl halides is 3. The lowest BCUT2D eigenvalue weighted by molar-refractivity contribution is -0.153. The van der Waals surface area contributed by atoms with Crippen LogP contribution in [0.15, 0.2) is 18.2 Å². The molecule has 5 nitrogen and oxygen atoms in total. The smallest absolute Gasteiger partial charge is 0.422 e. The first kappa shape index (κ1) is 19.4. The fraction of sp³-hybridized carbons (Fsp3) is 0.588. The van der Waals surface area contributed by atoms with Crippen LogP contribution in [0.3, 0.4) is 0 Å². The van der Waals surface area contributed by atoms with Gasteiger partial charge in [-0.1, -0.05) is 6.42 Å². The number of rotatable bonds is 7. The zero-order valence-electron chi connectivity index (χ0n) is 14.1. The molecule has 0 radical (unpaired) electrons. The molecule has 1 unspecified atom stereocenters.